The van der Waals surface area contributed by atoms with Crippen molar-refractivity contribution >= 4 is 23.7 Å². The van der Waals surface area contributed by atoms with E-state index in [0.29, 0.717) is 19.3 Å². The number of esters is 1. The van der Waals surface area contributed by atoms with Gasteiger partial charge >= 0.3 is 17.9 Å². The van der Waals surface area contributed by atoms with Gasteiger partial charge in [-0.05, 0) is 73.5 Å². The molecule has 2 fully saturated rings. The minimum atomic E-state index is -1.18. The number of aliphatic carboxylic acids is 2. The summed E-state index contributed by atoms with van der Waals surface area (Å²) >= 11 is 0. The van der Waals surface area contributed by atoms with Crippen molar-refractivity contribution in [2.75, 3.05) is 0 Å². The van der Waals surface area contributed by atoms with E-state index in [9.17, 15) is 29.4 Å². The zero-order chi connectivity index (χ0) is 31.6. The Morgan fingerprint density at radius 2 is 1.55 bits per heavy atom. The molecule has 0 bridgehead atoms. The first-order valence-corrected chi connectivity index (χ1v) is 15.9. The van der Waals surface area contributed by atoms with Crippen LogP contribution in [0.25, 0.3) is 0 Å². The Hall–Kier alpha value is -2.22. The average Bonchev–Trinajstić information content (AvgIpc) is 3.17. The Morgan fingerprint density at radius 3 is 2.14 bits per heavy atom. The number of carboxylic acid groups (broad SMARTS) is 2. The number of aliphatic hydroxyl groups excluding tert-OH is 1. The van der Waals surface area contributed by atoms with Crippen molar-refractivity contribution in [3.63, 3.8) is 0 Å². The molecule has 0 spiro atoms. The maximum absolute atomic E-state index is 13.1. The molecule has 0 aromatic rings. The fraction of sp³-hybridized carbons (Fsp3) is 0.824. The number of ketones is 1. The molecule has 4 aliphatic carbocycles. The van der Waals surface area contributed by atoms with Crippen molar-refractivity contribution in [2.45, 2.75) is 125 Å². The third-order valence-electron chi connectivity index (χ3n) is 13.3. The van der Waals surface area contributed by atoms with Crippen LogP contribution in [-0.2, 0) is 23.9 Å². The van der Waals surface area contributed by atoms with Gasteiger partial charge < -0.3 is 20.1 Å². The van der Waals surface area contributed by atoms with E-state index in [-0.39, 0.29) is 45.9 Å². The van der Waals surface area contributed by atoms with Gasteiger partial charge in [0.2, 0.25) is 0 Å². The molecule has 10 atom stereocenters. The van der Waals surface area contributed by atoms with Crippen LogP contribution in [-0.4, -0.2) is 51.2 Å². The smallest absolute Gasteiger partial charge is 0.317 e. The van der Waals surface area contributed by atoms with Crippen LogP contribution in [0, 0.1) is 51.2 Å². The first kappa shape index (κ1) is 32.7. The van der Waals surface area contributed by atoms with Crippen molar-refractivity contribution in [3.05, 3.63) is 11.1 Å². The maximum Gasteiger partial charge on any atom is 0.317 e. The molecule has 2 saturated carbocycles. The van der Waals surface area contributed by atoms with E-state index in [2.05, 4.69) is 41.5 Å². The summed E-state index contributed by atoms with van der Waals surface area (Å²) in [5, 5.41) is 30.5. The van der Waals surface area contributed by atoms with Crippen LogP contribution in [0.1, 0.15) is 113 Å². The minimum absolute atomic E-state index is 0.0177. The first-order chi connectivity index (χ1) is 19.3. The first-order valence-electron chi connectivity index (χ1n) is 15.9. The number of fused-ring (bicyclic) bond motifs is 4. The van der Waals surface area contributed by atoms with Crippen molar-refractivity contribution in [3.8, 4) is 0 Å². The van der Waals surface area contributed by atoms with Crippen LogP contribution < -0.4 is 0 Å². The Labute approximate surface area is 250 Å². The summed E-state index contributed by atoms with van der Waals surface area (Å²) in [6, 6.07) is 0. The molecule has 1 unspecified atom stereocenters. The molecule has 0 aromatic carbocycles. The van der Waals surface area contributed by atoms with Crippen LogP contribution in [0.2, 0.25) is 0 Å². The second-order valence-corrected chi connectivity index (χ2v) is 15.4. The number of Topliss-reactive ketones (excluding diaryl/α,β-unsaturated/α-hetero) is 1. The van der Waals surface area contributed by atoms with Crippen molar-refractivity contribution in [1.82, 2.24) is 0 Å². The molecule has 0 radical (unpaired) electrons. The highest BCUT2D eigenvalue weighted by Gasteiger charge is 2.66. The van der Waals surface area contributed by atoms with Gasteiger partial charge in [0, 0.05) is 23.2 Å². The second-order valence-electron chi connectivity index (χ2n) is 15.4. The maximum atomic E-state index is 13.1. The molecule has 4 rings (SSSR count). The monoisotopic (exact) mass is 588 g/mol. The number of carboxylic acids is 2. The lowest BCUT2D eigenvalue weighted by molar-refractivity contribution is -0.173. The number of carbonyl (C=O) groups excluding carboxylic acids is 2. The summed E-state index contributed by atoms with van der Waals surface area (Å²) in [6.45, 7) is 16.5. The summed E-state index contributed by atoms with van der Waals surface area (Å²) < 4.78 is 5.75. The molecule has 0 heterocycles. The Bertz CT molecular complexity index is 1170. The summed E-state index contributed by atoms with van der Waals surface area (Å²) in [7, 11) is 0. The normalized spacial score (nSPS) is 39.3. The topological polar surface area (TPSA) is 138 Å². The summed E-state index contributed by atoms with van der Waals surface area (Å²) in [5.74, 6) is -3.70. The number of hydrogen-bond donors (Lipinski definition) is 3. The lowest BCUT2D eigenvalue weighted by atomic mass is 9.42. The highest BCUT2D eigenvalue weighted by molar-refractivity contribution is 5.90. The number of ether oxygens (including phenoxy) is 1. The third kappa shape index (κ3) is 4.93. The predicted molar refractivity (Wildman–Crippen MR) is 157 cm³/mol. The summed E-state index contributed by atoms with van der Waals surface area (Å²) in [4.78, 5) is 47.9. The lowest BCUT2D eigenvalue weighted by Gasteiger charge is -2.63. The van der Waals surface area contributed by atoms with Gasteiger partial charge in [-0.15, -0.1) is 0 Å². The number of carbonyl (C=O) groups is 4. The highest BCUT2D eigenvalue weighted by Crippen LogP contribution is 2.72. The fourth-order valence-corrected chi connectivity index (χ4v) is 10.3. The number of allylic oxidation sites excluding steroid dienone is 1. The Kier molecular flexibility index (Phi) is 8.60. The molecule has 3 N–H and O–H groups in total. The van der Waals surface area contributed by atoms with E-state index < -0.39 is 47.7 Å². The quantitative estimate of drug-likeness (QED) is 0.168. The van der Waals surface area contributed by atoms with E-state index in [1.165, 1.54) is 11.1 Å². The van der Waals surface area contributed by atoms with Crippen LogP contribution >= 0.6 is 0 Å². The van der Waals surface area contributed by atoms with E-state index in [0.717, 1.165) is 32.1 Å². The van der Waals surface area contributed by atoms with Gasteiger partial charge in [0.05, 0.1) is 12.0 Å². The van der Waals surface area contributed by atoms with E-state index in [1.54, 1.807) is 13.8 Å². The van der Waals surface area contributed by atoms with Gasteiger partial charge in [-0.25, -0.2) is 0 Å². The molecule has 236 valence electrons. The fourth-order valence-electron chi connectivity index (χ4n) is 10.3. The van der Waals surface area contributed by atoms with Crippen LogP contribution in [0.4, 0.5) is 0 Å². The van der Waals surface area contributed by atoms with Crippen molar-refractivity contribution < 1.29 is 39.2 Å². The molecule has 8 nitrogen and oxygen atoms in total. The van der Waals surface area contributed by atoms with Gasteiger partial charge in [0.25, 0.3) is 0 Å². The highest BCUT2D eigenvalue weighted by atomic mass is 16.5. The number of hydrogen-bond acceptors (Lipinski definition) is 6. The number of aliphatic hydroxyl groups is 1. The average molecular weight is 589 g/mol. The molecule has 0 amide bonds. The van der Waals surface area contributed by atoms with Gasteiger partial charge in [-0.1, -0.05) is 66.5 Å². The van der Waals surface area contributed by atoms with Crippen molar-refractivity contribution in [2.24, 2.45) is 51.2 Å². The zero-order valence-corrected chi connectivity index (χ0v) is 26.8. The van der Waals surface area contributed by atoms with Gasteiger partial charge in [-0.3, -0.25) is 19.2 Å². The second kappa shape index (κ2) is 11.0. The minimum Gasteiger partial charge on any atom is -0.481 e. The predicted octanol–water partition coefficient (Wildman–Crippen LogP) is 6.05. The van der Waals surface area contributed by atoms with Crippen LogP contribution in [0.5, 0.6) is 0 Å². The third-order valence-corrected chi connectivity index (χ3v) is 13.3. The van der Waals surface area contributed by atoms with E-state index in [1.807, 2.05) is 0 Å². The molecule has 8 heteroatoms. The molecule has 0 saturated heterocycles. The molecule has 0 aliphatic heterocycles. The molecular weight excluding hydrogens is 536 g/mol. The van der Waals surface area contributed by atoms with Gasteiger partial charge in [-0.2, -0.15) is 0 Å². The molecular formula is C34H52O8. The lowest BCUT2D eigenvalue weighted by Crippen LogP contribution is -2.58. The summed E-state index contributed by atoms with van der Waals surface area (Å²) in [5.41, 5.74) is 1.74. The largest absolute Gasteiger partial charge is 0.481 e. The molecule has 4 aliphatic rings. The van der Waals surface area contributed by atoms with Crippen LogP contribution in [0.15, 0.2) is 11.1 Å². The van der Waals surface area contributed by atoms with Crippen molar-refractivity contribution in [1.29, 1.82) is 0 Å². The SMILES string of the molecule is CC(C(=O)O)[C@@H](C)C(=O)C[C@@H](C)[C@H]1CC[C@@]2(C)C3=C(C[C@@H](O)[C@]12C)[C@@]1(C)CC[C@@H](OC(=O)CC(=O)O)C(C)(C)[C@@H]1CC3. The zero-order valence-electron chi connectivity index (χ0n) is 26.8. The summed E-state index contributed by atoms with van der Waals surface area (Å²) in [6.07, 6.45) is 4.58. The molecule has 42 heavy (non-hydrogen) atoms. The standard InChI is InChI=1S/C34H52O8/c1-18(15-24(35)19(2)20(3)30(40)41)21-11-14-33(7)22-9-10-25-31(4,5)27(42-29(39)17-28(37)38)12-13-32(25,6)23(22)16-26(36)34(21,33)8/h18-21,25-27,36H,9-17H2,1-8H3,(H,37,38)(H,40,41)/t18-,19-,20?,21-,25+,26-,27-,32-,33+,34+/m1/s1. The van der Waals surface area contributed by atoms with Gasteiger partial charge in [0.15, 0.2) is 0 Å². The number of rotatable bonds is 9. The van der Waals surface area contributed by atoms with E-state index >= 15 is 0 Å². The van der Waals surface area contributed by atoms with Crippen LogP contribution in [0.3, 0.4) is 0 Å². The van der Waals surface area contributed by atoms with E-state index in [4.69, 9.17) is 9.84 Å². The molecule has 0 aromatic heterocycles. The van der Waals surface area contributed by atoms with Gasteiger partial charge in [0.1, 0.15) is 18.3 Å². The Morgan fingerprint density at radius 1 is 0.905 bits per heavy atom. The Balaban J connectivity index is 1.61.